The first-order valence-electron chi connectivity index (χ1n) is 12.4. The van der Waals surface area contributed by atoms with Crippen LogP contribution in [0.5, 0.6) is 0 Å². The Morgan fingerprint density at radius 2 is 1.91 bits per heavy atom. The van der Waals surface area contributed by atoms with Crippen LogP contribution in [-0.4, -0.2) is 87.5 Å². The number of hydrogen-bond donors (Lipinski definition) is 2. The molecule has 2 N–H and O–H groups in total. The van der Waals surface area contributed by atoms with Crippen molar-refractivity contribution in [3.8, 4) is 11.3 Å². The third-order valence-corrected chi connectivity index (χ3v) is 7.55. The average molecular weight is 440 g/mol. The molecule has 1 aromatic heterocycles. The monoisotopic (exact) mass is 439 g/mol. The second kappa shape index (κ2) is 10.5. The molecule has 1 aromatic carbocycles. The zero-order chi connectivity index (χ0) is 22.7. The van der Waals surface area contributed by atoms with Crippen molar-refractivity contribution in [3.05, 3.63) is 41.1 Å². The van der Waals surface area contributed by atoms with Crippen LogP contribution in [0.25, 0.3) is 11.3 Å². The number of benzene rings is 1. The van der Waals surface area contributed by atoms with E-state index in [2.05, 4.69) is 70.8 Å². The maximum Gasteiger partial charge on any atom is 0.0698 e. The Morgan fingerprint density at radius 3 is 2.62 bits per heavy atom. The van der Waals surface area contributed by atoms with E-state index in [1.165, 1.54) is 48.2 Å². The lowest BCUT2D eigenvalue weighted by Crippen LogP contribution is -2.58. The van der Waals surface area contributed by atoms with Gasteiger partial charge in [-0.25, -0.2) is 0 Å². The second-order valence-corrected chi connectivity index (χ2v) is 10.1. The summed E-state index contributed by atoms with van der Waals surface area (Å²) in [5.41, 5.74) is 6.21. The van der Waals surface area contributed by atoms with Crippen LogP contribution in [0.3, 0.4) is 0 Å². The summed E-state index contributed by atoms with van der Waals surface area (Å²) in [6.45, 7) is 15.7. The molecule has 3 heterocycles. The number of H-pyrrole nitrogens is 1. The normalized spacial score (nSPS) is 22.1. The first kappa shape index (κ1) is 23.4. The first-order valence-corrected chi connectivity index (χ1v) is 12.4. The molecule has 6 nitrogen and oxygen atoms in total. The van der Waals surface area contributed by atoms with Crippen molar-refractivity contribution < 1.29 is 5.11 Å². The van der Waals surface area contributed by atoms with Crippen molar-refractivity contribution in [1.29, 1.82) is 0 Å². The number of aromatic nitrogens is 2. The van der Waals surface area contributed by atoms with E-state index in [1.54, 1.807) is 0 Å². The van der Waals surface area contributed by atoms with E-state index < -0.39 is 0 Å². The number of nitrogens with zero attached hydrogens (tertiary/aromatic N) is 4. The second-order valence-electron chi connectivity index (χ2n) is 10.1. The van der Waals surface area contributed by atoms with Gasteiger partial charge in [0.25, 0.3) is 0 Å². The minimum Gasteiger partial charge on any atom is -0.396 e. The number of piperazine rings is 1. The lowest BCUT2D eigenvalue weighted by Gasteiger charge is -2.48. The van der Waals surface area contributed by atoms with Gasteiger partial charge in [0, 0.05) is 62.0 Å². The van der Waals surface area contributed by atoms with Gasteiger partial charge in [-0.05, 0) is 71.7 Å². The number of aromatic amines is 1. The Labute approximate surface area is 193 Å². The molecule has 2 aliphatic heterocycles. The molecule has 6 heteroatoms. The Morgan fingerprint density at radius 1 is 1.12 bits per heavy atom. The molecule has 0 saturated carbocycles. The number of rotatable bonds is 7. The number of hydrogen-bond acceptors (Lipinski definition) is 5. The predicted octanol–water partition coefficient (Wildman–Crippen LogP) is 3.43. The molecule has 0 aliphatic carbocycles. The van der Waals surface area contributed by atoms with Gasteiger partial charge in [-0.1, -0.05) is 17.7 Å². The molecule has 2 aromatic rings. The summed E-state index contributed by atoms with van der Waals surface area (Å²) in [7, 11) is 0. The van der Waals surface area contributed by atoms with Crippen molar-refractivity contribution in [2.75, 3.05) is 39.3 Å². The van der Waals surface area contributed by atoms with Crippen LogP contribution >= 0.6 is 0 Å². The van der Waals surface area contributed by atoms with E-state index in [-0.39, 0.29) is 6.61 Å². The topological polar surface area (TPSA) is 58.6 Å². The molecule has 176 valence electrons. The quantitative estimate of drug-likeness (QED) is 0.692. The van der Waals surface area contributed by atoms with E-state index in [9.17, 15) is 5.11 Å². The smallest absolute Gasteiger partial charge is 0.0698 e. The van der Waals surface area contributed by atoms with Gasteiger partial charge in [0.2, 0.25) is 0 Å². The van der Waals surface area contributed by atoms with Crippen LogP contribution in [-0.2, 0) is 6.54 Å². The molecule has 1 unspecified atom stereocenters. The molecular formula is C26H41N5O. The molecule has 4 rings (SSSR count). The van der Waals surface area contributed by atoms with Gasteiger partial charge >= 0.3 is 0 Å². The minimum absolute atomic E-state index is 0.263. The Kier molecular flexibility index (Phi) is 7.66. The lowest BCUT2D eigenvalue weighted by atomic mass is 9.96. The van der Waals surface area contributed by atoms with Crippen molar-refractivity contribution >= 4 is 0 Å². The van der Waals surface area contributed by atoms with Crippen LogP contribution in [0.2, 0.25) is 0 Å². The van der Waals surface area contributed by atoms with Crippen molar-refractivity contribution in [1.82, 2.24) is 24.9 Å². The highest BCUT2D eigenvalue weighted by atomic mass is 16.3. The van der Waals surface area contributed by atoms with Crippen LogP contribution < -0.4 is 0 Å². The maximum atomic E-state index is 9.77. The SMILES string of the molecule is Cc1ccc(C)c(-c2[nH]ncc2CN2CCN(C3CCN(C(C)C)CC3)C(CCO)C2)c1. The standard InChI is InChI=1S/C26H41N5O/c1-19(2)30-10-7-23(8-11-30)31-13-12-29(18-24(31)9-14-32)17-22-16-27-28-26(22)25-15-20(3)5-6-21(25)4/h5-6,15-16,19,23-24,32H,7-14,17-18H2,1-4H3,(H,27,28). The summed E-state index contributed by atoms with van der Waals surface area (Å²) >= 11 is 0. The molecule has 2 aliphatic rings. The Balaban J connectivity index is 1.42. The first-order chi connectivity index (χ1) is 15.5. The third kappa shape index (κ3) is 5.25. The van der Waals surface area contributed by atoms with Crippen LogP contribution in [0.1, 0.15) is 49.8 Å². The molecule has 1 atom stereocenters. The number of nitrogens with one attached hydrogen (secondary N) is 1. The Hall–Kier alpha value is -1.73. The summed E-state index contributed by atoms with van der Waals surface area (Å²) in [6.07, 6.45) is 5.35. The van der Waals surface area contributed by atoms with E-state index in [0.717, 1.165) is 38.3 Å². The van der Waals surface area contributed by atoms with Crippen LogP contribution in [0, 0.1) is 13.8 Å². The van der Waals surface area contributed by atoms with E-state index >= 15 is 0 Å². The number of piperidine rings is 1. The van der Waals surface area contributed by atoms with Gasteiger partial charge in [0.1, 0.15) is 0 Å². The summed E-state index contributed by atoms with van der Waals surface area (Å²) in [5, 5.41) is 17.4. The molecule has 0 radical (unpaired) electrons. The number of aryl methyl sites for hydroxylation is 2. The molecule has 32 heavy (non-hydrogen) atoms. The highest BCUT2D eigenvalue weighted by Crippen LogP contribution is 2.29. The van der Waals surface area contributed by atoms with Crippen LogP contribution in [0.4, 0.5) is 0 Å². The summed E-state index contributed by atoms with van der Waals surface area (Å²) in [5.74, 6) is 0. The number of aliphatic hydroxyl groups excluding tert-OH is 1. The highest BCUT2D eigenvalue weighted by Gasteiger charge is 2.34. The van der Waals surface area contributed by atoms with Crippen molar-refractivity contribution in [2.45, 2.75) is 71.6 Å². The highest BCUT2D eigenvalue weighted by molar-refractivity contribution is 5.67. The molecule has 0 spiro atoms. The number of aliphatic hydroxyl groups is 1. The average Bonchev–Trinajstić information content (AvgIpc) is 3.24. The molecule has 0 amide bonds. The maximum absolute atomic E-state index is 9.77. The third-order valence-electron chi connectivity index (χ3n) is 7.55. The summed E-state index contributed by atoms with van der Waals surface area (Å²) in [4.78, 5) is 7.87. The molecule has 2 fully saturated rings. The lowest BCUT2D eigenvalue weighted by molar-refractivity contribution is 0.00000944. The fourth-order valence-electron chi connectivity index (χ4n) is 5.61. The minimum atomic E-state index is 0.263. The largest absolute Gasteiger partial charge is 0.396 e. The van der Waals surface area contributed by atoms with Gasteiger partial charge in [0.05, 0.1) is 11.9 Å². The van der Waals surface area contributed by atoms with Gasteiger partial charge in [-0.2, -0.15) is 5.10 Å². The van der Waals surface area contributed by atoms with Gasteiger partial charge in [-0.3, -0.25) is 14.9 Å². The molecule has 2 saturated heterocycles. The van der Waals surface area contributed by atoms with Crippen molar-refractivity contribution in [2.24, 2.45) is 0 Å². The number of likely N-dealkylation sites (tertiary alicyclic amines) is 1. The van der Waals surface area contributed by atoms with Gasteiger partial charge in [0.15, 0.2) is 0 Å². The Bertz CT molecular complexity index is 871. The van der Waals surface area contributed by atoms with Gasteiger partial charge < -0.3 is 10.0 Å². The zero-order valence-electron chi connectivity index (χ0n) is 20.3. The van der Waals surface area contributed by atoms with Crippen LogP contribution in [0.15, 0.2) is 24.4 Å². The van der Waals surface area contributed by atoms with Gasteiger partial charge in [-0.15, -0.1) is 0 Å². The zero-order valence-corrected chi connectivity index (χ0v) is 20.3. The summed E-state index contributed by atoms with van der Waals surface area (Å²) in [6, 6.07) is 8.34. The fraction of sp³-hybridized carbons (Fsp3) is 0.654. The van der Waals surface area contributed by atoms with E-state index in [4.69, 9.17) is 0 Å². The van der Waals surface area contributed by atoms with E-state index in [1.807, 2.05) is 6.20 Å². The fourth-order valence-corrected chi connectivity index (χ4v) is 5.61. The molecular weight excluding hydrogens is 398 g/mol. The summed E-state index contributed by atoms with van der Waals surface area (Å²) < 4.78 is 0. The van der Waals surface area contributed by atoms with E-state index in [0.29, 0.717) is 18.1 Å². The van der Waals surface area contributed by atoms with Crippen molar-refractivity contribution in [3.63, 3.8) is 0 Å². The molecule has 0 bridgehead atoms. The predicted molar refractivity (Wildman–Crippen MR) is 131 cm³/mol.